The third kappa shape index (κ3) is 5.24. The molecule has 7 nitrogen and oxygen atoms in total. The summed E-state index contributed by atoms with van der Waals surface area (Å²) in [6.07, 6.45) is 4.09. The van der Waals surface area contributed by atoms with E-state index in [1.54, 1.807) is 43.9 Å². The molecule has 0 aliphatic carbocycles. The molecule has 8 heteroatoms. The van der Waals surface area contributed by atoms with E-state index in [-0.39, 0.29) is 18.0 Å². The summed E-state index contributed by atoms with van der Waals surface area (Å²) in [5, 5.41) is 6.67. The Hall–Kier alpha value is -3.32. The van der Waals surface area contributed by atoms with Crippen molar-refractivity contribution in [1.82, 2.24) is 15.3 Å². The van der Waals surface area contributed by atoms with Crippen molar-refractivity contribution in [2.45, 2.75) is 18.4 Å². The Bertz CT molecular complexity index is 999. The van der Waals surface area contributed by atoms with Gasteiger partial charge in [0.15, 0.2) is 0 Å². The molecule has 2 heterocycles. The van der Waals surface area contributed by atoms with Gasteiger partial charge in [-0.2, -0.15) is 0 Å². The molecule has 2 unspecified atom stereocenters. The van der Waals surface area contributed by atoms with E-state index < -0.39 is 0 Å². The zero-order valence-corrected chi connectivity index (χ0v) is 17.9. The molecule has 4 rings (SSSR count). The molecule has 3 aromatic rings. The number of aromatic nitrogens is 2. The van der Waals surface area contributed by atoms with Crippen molar-refractivity contribution in [3.63, 3.8) is 0 Å². The van der Waals surface area contributed by atoms with E-state index in [0.717, 1.165) is 36.6 Å². The monoisotopic (exact) mass is 437 g/mol. The minimum atomic E-state index is -0.235. The number of benzene rings is 2. The molecule has 160 valence electrons. The molecular weight excluding hydrogens is 414 g/mol. The summed E-state index contributed by atoms with van der Waals surface area (Å²) >= 11 is 5.93. The van der Waals surface area contributed by atoms with Crippen LogP contribution in [0, 0.1) is 0 Å². The van der Waals surface area contributed by atoms with Crippen LogP contribution in [0.3, 0.4) is 0 Å². The minimum absolute atomic E-state index is 0.0289. The van der Waals surface area contributed by atoms with E-state index in [9.17, 15) is 4.79 Å². The molecule has 0 saturated carbocycles. The Kier molecular flexibility index (Phi) is 6.52. The maximum atomic E-state index is 12.7. The first kappa shape index (κ1) is 20.9. The van der Waals surface area contributed by atoms with Crippen molar-refractivity contribution in [3.8, 4) is 5.75 Å². The number of nitrogens with one attached hydrogen (secondary N) is 2. The molecule has 1 aliphatic rings. The zero-order valence-electron chi connectivity index (χ0n) is 17.2. The molecule has 0 bridgehead atoms. The molecular formula is C23H24ClN5O2. The van der Waals surface area contributed by atoms with E-state index in [2.05, 4.69) is 37.6 Å². The topological polar surface area (TPSA) is 79.4 Å². The van der Waals surface area contributed by atoms with Gasteiger partial charge in [-0.15, -0.1) is 0 Å². The number of hydrogen-bond donors (Lipinski definition) is 2. The molecule has 1 saturated heterocycles. The number of urea groups is 1. The summed E-state index contributed by atoms with van der Waals surface area (Å²) < 4.78 is 5.30. The molecule has 31 heavy (non-hydrogen) atoms. The lowest BCUT2D eigenvalue weighted by molar-refractivity contribution is 0.243. The first-order valence-electron chi connectivity index (χ1n) is 10.1. The Labute approximate surface area is 186 Å². The quantitative estimate of drug-likeness (QED) is 0.621. The minimum Gasteiger partial charge on any atom is -0.497 e. The molecule has 2 N–H and O–H groups in total. The van der Waals surface area contributed by atoms with Gasteiger partial charge in [0.25, 0.3) is 0 Å². The van der Waals surface area contributed by atoms with E-state index in [1.165, 1.54) is 0 Å². The van der Waals surface area contributed by atoms with Gasteiger partial charge in [-0.3, -0.25) is 0 Å². The van der Waals surface area contributed by atoms with E-state index in [0.29, 0.717) is 10.7 Å². The number of amides is 2. The molecule has 1 fully saturated rings. The van der Waals surface area contributed by atoms with Crippen molar-refractivity contribution in [1.29, 1.82) is 0 Å². The van der Waals surface area contributed by atoms with E-state index in [4.69, 9.17) is 16.3 Å². The van der Waals surface area contributed by atoms with Gasteiger partial charge in [0.1, 0.15) is 17.9 Å². The van der Waals surface area contributed by atoms with Crippen molar-refractivity contribution in [2.24, 2.45) is 0 Å². The lowest BCUT2D eigenvalue weighted by atomic mass is 9.86. The Morgan fingerprint density at radius 3 is 2.58 bits per heavy atom. The second-order valence-corrected chi connectivity index (χ2v) is 7.83. The maximum Gasteiger partial charge on any atom is 0.319 e. The first-order chi connectivity index (χ1) is 15.1. The van der Waals surface area contributed by atoms with Gasteiger partial charge in [0.2, 0.25) is 0 Å². The van der Waals surface area contributed by atoms with Crippen molar-refractivity contribution >= 4 is 29.1 Å². The van der Waals surface area contributed by atoms with E-state index in [1.807, 2.05) is 18.2 Å². The van der Waals surface area contributed by atoms with Crippen LogP contribution < -0.4 is 20.3 Å². The summed E-state index contributed by atoms with van der Waals surface area (Å²) in [5.74, 6) is 1.78. The number of methoxy groups -OCH3 is 1. The van der Waals surface area contributed by atoms with Crippen LogP contribution in [-0.2, 0) is 0 Å². The Morgan fingerprint density at radius 1 is 1.13 bits per heavy atom. The fourth-order valence-corrected chi connectivity index (χ4v) is 3.99. The van der Waals surface area contributed by atoms with Crippen LogP contribution in [-0.4, -0.2) is 42.2 Å². The highest BCUT2D eigenvalue weighted by atomic mass is 35.5. The molecule has 0 radical (unpaired) electrons. The van der Waals surface area contributed by atoms with Gasteiger partial charge in [0, 0.05) is 42.0 Å². The summed E-state index contributed by atoms with van der Waals surface area (Å²) in [4.78, 5) is 23.3. The van der Waals surface area contributed by atoms with Gasteiger partial charge in [-0.1, -0.05) is 23.7 Å². The van der Waals surface area contributed by atoms with E-state index >= 15 is 0 Å². The number of halogens is 1. The molecule has 1 aliphatic heterocycles. The second-order valence-electron chi connectivity index (χ2n) is 7.39. The van der Waals surface area contributed by atoms with Crippen molar-refractivity contribution in [2.75, 3.05) is 30.4 Å². The predicted octanol–water partition coefficient (Wildman–Crippen LogP) is 4.32. The number of anilines is 2. The normalized spacial score (nSPS) is 18.3. The van der Waals surface area contributed by atoms with Crippen LogP contribution in [0.15, 0.2) is 67.1 Å². The lowest BCUT2D eigenvalue weighted by Crippen LogP contribution is -2.51. The average molecular weight is 438 g/mol. The third-order valence-corrected chi connectivity index (χ3v) is 5.72. The number of nitrogens with zero attached hydrogens (tertiary/aromatic N) is 3. The molecule has 0 spiro atoms. The molecule has 2 aromatic carbocycles. The summed E-state index contributed by atoms with van der Waals surface area (Å²) in [7, 11) is 1.65. The summed E-state index contributed by atoms with van der Waals surface area (Å²) in [6.45, 7) is 1.52. The average Bonchev–Trinajstić information content (AvgIpc) is 2.81. The number of ether oxygens (including phenoxy) is 1. The smallest absolute Gasteiger partial charge is 0.319 e. The van der Waals surface area contributed by atoms with Gasteiger partial charge >= 0.3 is 6.03 Å². The lowest BCUT2D eigenvalue weighted by Gasteiger charge is -2.39. The van der Waals surface area contributed by atoms with Gasteiger partial charge in [0.05, 0.1) is 7.11 Å². The van der Waals surface area contributed by atoms with Crippen LogP contribution in [0.4, 0.5) is 16.3 Å². The number of piperidine rings is 1. The van der Waals surface area contributed by atoms with Crippen molar-refractivity contribution < 1.29 is 9.53 Å². The number of rotatable bonds is 5. The van der Waals surface area contributed by atoms with Gasteiger partial charge < -0.3 is 20.3 Å². The second kappa shape index (κ2) is 9.66. The highest BCUT2D eigenvalue weighted by Crippen LogP contribution is 2.31. The Balaban J connectivity index is 1.51. The fraction of sp³-hybridized carbons (Fsp3) is 0.261. The van der Waals surface area contributed by atoms with Crippen LogP contribution in [0.5, 0.6) is 5.75 Å². The number of carbonyl (C=O) groups excluding carboxylic acids is 1. The molecule has 1 aromatic heterocycles. The summed E-state index contributed by atoms with van der Waals surface area (Å²) in [6, 6.07) is 16.7. The fourth-order valence-electron chi connectivity index (χ4n) is 3.86. The maximum absolute atomic E-state index is 12.7. The largest absolute Gasteiger partial charge is 0.497 e. The van der Waals surface area contributed by atoms with Crippen LogP contribution >= 0.6 is 11.6 Å². The molecule has 2 atom stereocenters. The zero-order chi connectivity index (χ0) is 21.6. The predicted molar refractivity (Wildman–Crippen MR) is 122 cm³/mol. The van der Waals surface area contributed by atoms with Crippen LogP contribution in [0.1, 0.15) is 17.9 Å². The van der Waals surface area contributed by atoms with Crippen LogP contribution in [0.2, 0.25) is 5.02 Å². The van der Waals surface area contributed by atoms with Gasteiger partial charge in [-0.05, 0) is 54.4 Å². The van der Waals surface area contributed by atoms with Crippen molar-refractivity contribution in [3.05, 3.63) is 77.7 Å². The highest BCUT2D eigenvalue weighted by Gasteiger charge is 2.32. The molecule has 2 amide bonds. The number of hydrogen-bond acceptors (Lipinski definition) is 5. The van der Waals surface area contributed by atoms with Crippen LogP contribution in [0.25, 0.3) is 0 Å². The Morgan fingerprint density at radius 2 is 1.90 bits per heavy atom. The summed E-state index contributed by atoms with van der Waals surface area (Å²) in [5.41, 5.74) is 1.83. The standard InChI is InChI=1S/C23H24ClN5O2/c1-31-19-8-2-16(3-9-19)20-14-29(22-10-12-25-15-26-22)13-11-21(20)28-23(30)27-18-6-4-17(24)5-7-18/h2-10,12,15,20-21H,11,13-14H2,1H3,(H2,27,28,30). The first-order valence-corrected chi connectivity index (χ1v) is 10.5. The SMILES string of the molecule is COc1ccc(C2CN(c3ccncn3)CCC2NC(=O)Nc2ccc(Cl)cc2)cc1. The van der Waals surface area contributed by atoms with Gasteiger partial charge in [-0.25, -0.2) is 14.8 Å². The number of carbonyl (C=O) groups is 1. The third-order valence-electron chi connectivity index (χ3n) is 5.47. The highest BCUT2D eigenvalue weighted by molar-refractivity contribution is 6.30.